The molecular weight excluding hydrogens is 435 g/mol. The molecular formula is C22H27FN4O4S. The number of amides is 1. The maximum absolute atomic E-state index is 14.0. The summed E-state index contributed by atoms with van der Waals surface area (Å²) in [7, 11) is 0. The molecule has 1 amide bonds. The Labute approximate surface area is 187 Å². The Hall–Kier alpha value is -2.20. The summed E-state index contributed by atoms with van der Waals surface area (Å²) >= 11 is -0.900. The number of halogens is 1. The van der Waals surface area contributed by atoms with E-state index in [2.05, 4.69) is 10.3 Å². The van der Waals surface area contributed by atoms with Crippen molar-refractivity contribution in [3.63, 3.8) is 0 Å². The third-order valence-electron chi connectivity index (χ3n) is 7.00. The average molecular weight is 463 g/mol. The predicted molar refractivity (Wildman–Crippen MR) is 119 cm³/mol. The molecule has 0 unspecified atom stereocenters. The van der Waals surface area contributed by atoms with Gasteiger partial charge in [0, 0.05) is 36.9 Å². The standard InChI is InChI=1S/C22H27FN4O4S/c23-14-11-18-19(24-12-14)26(17-7-9-32(31)10-8-17)22(30)27(21(18)29)16-5-3-15(4-6-16)25-20(28)13-1-2-13/h11-13,15-17H,1-10H2,(H,25,28)/t15?,16?,17-,32-. The third kappa shape index (κ3) is 4.10. The van der Waals surface area contributed by atoms with Crippen molar-refractivity contribution in [2.24, 2.45) is 5.92 Å². The van der Waals surface area contributed by atoms with E-state index in [-0.39, 0.29) is 41.0 Å². The van der Waals surface area contributed by atoms with Crippen molar-refractivity contribution < 1.29 is 13.7 Å². The van der Waals surface area contributed by atoms with Crippen LogP contribution in [0.1, 0.15) is 63.5 Å². The number of nitrogens with zero attached hydrogens (tertiary/aromatic N) is 3. The van der Waals surface area contributed by atoms with Crippen LogP contribution in [0.25, 0.3) is 11.0 Å². The average Bonchev–Trinajstić information content (AvgIpc) is 3.62. The van der Waals surface area contributed by atoms with Crippen molar-refractivity contribution in [1.82, 2.24) is 19.4 Å². The number of hydrogen-bond acceptors (Lipinski definition) is 5. The molecule has 5 rings (SSSR count). The molecule has 3 heterocycles. The van der Waals surface area contributed by atoms with Crippen LogP contribution in [0.2, 0.25) is 0 Å². The Bertz CT molecular complexity index is 1150. The number of carbonyl (C=O) groups is 1. The number of aromatic nitrogens is 3. The lowest BCUT2D eigenvalue weighted by Gasteiger charge is -2.32. The number of hydrogen-bond donors (Lipinski definition) is 1. The first kappa shape index (κ1) is 21.6. The van der Waals surface area contributed by atoms with Crippen LogP contribution in [0.3, 0.4) is 0 Å². The maximum Gasteiger partial charge on any atom is 0.333 e. The summed E-state index contributed by atoms with van der Waals surface area (Å²) in [5.41, 5.74) is -0.747. The second kappa shape index (κ2) is 8.62. The minimum atomic E-state index is -0.900. The van der Waals surface area contributed by atoms with Gasteiger partial charge < -0.3 is 9.87 Å². The predicted octanol–water partition coefficient (Wildman–Crippen LogP) is 1.79. The van der Waals surface area contributed by atoms with Crippen LogP contribution >= 0.6 is 0 Å². The van der Waals surface area contributed by atoms with E-state index >= 15 is 0 Å². The molecule has 2 saturated carbocycles. The fourth-order valence-electron chi connectivity index (χ4n) is 5.04. The second-order valence-corrected chi connectivity index (χ2v) is 10.9. The van der Waals surface area contributed by atoms with Crippen LogP contribution in [-0.4, -0.2) is 42.1 Å². The van der Waals surface area contributed by atoms with Crippen LogP contribution in [0.4, 0.5) is 4.39 Å². The summed E-state index contributed by atoms with van der Waals surface area (Å²) in [6.45, 7) is 0. The molecule has 8 nitrogen and oxygen atoms in total. The highest BCUT2D eigenvalue weighted by Gasteiger charge is 2.34. The number of rotatable bonds is 4. The summed E-state index contributed by atoms with van der Waals surface area (Å²) in [6, 6.07) is 0.687. The van der Waals surface area contributed by atoms with Crippen LogP contribution in [0.15, 0.2) is 21.9 Å². The summed E-state index contributed by atoms with van der Waals surface area (Å²) in [5.74, 6) is 0.614. The largest absolute Gasteiger partial charge is 0.616 e. The summed E-state index contributed by atoms with van der Waals surface area (Å²) < 4.78 is 28.6. The molecule has 0 aromatic carbocycles. The van der Waals surface area contributed by atoms with Gasteiger partial charge in [0.25, 0.3) is 5.56 Å². The molecule has 1 aliphatic heterocycles. The molecule has 3 aliphatic rings. The van der Waals surface area contributed by atoms with Gasteiger partial charge in [0.2, 0.25) is 5.91 Å². The van der Waals surface area contributed by atoms with Crippen molar-refractivity contribution in [2.75, 3.05) is 11.5 Å². The zero-order valence-corrected chi connectivity index (χ0v) is 18.6. The third-order valence-corrected chi connectivity index (χ3v) is 8.38. The quantitative estimate of drug-likeness (QED) is 0.697. The number of pyridine rings is 1. The van der Waals surface area contributed by atoms with Gasteiger partial charge in [-0.25, -0.2) is 14.2 Å². The Morgan fingerprint density at radius 1 is 1.03 bits per heavy atom. The topological polar surface area (TPSA) is 109 Å². The smallest absolute Gasteiger partial charge is 0.333 e. The molecule has 0 radical (unpaired) electrons. The number of fused-ring (bicyclic) bond motifs is 1. The van der Waals surface area contributed by atoms with E-state index in [4.69, 9.17) is 0 Å². The molecule has 32 heavy (non-hydrogen) atoms. The van der Waals surface area contributed by atoms with Gasteiger partial charge in [0.1, 0.15) is 23.0 Å². The molecule has 10 heteroatoms. The van der Waals surface area contributed by atoms with Crippen LogP contribution < -0.4 is 16.6 Å². The Morgan fingerprint density at radius 3 is 2.34 bits per heavy atom. The lowest BCUT2D eigenvalue weighted by atomic mass is 9.90. The zero-order chi connectivity index (χ0) is 22.4. The van der Waals surface area contributed by atoms with E-state index in [0.29, 0.717) is 50.0 Å². The Balaban J connectivity index is 1.48. The fourth-order valence-corrected chi connectivity index (χ4v) is 6.31. The molecule has 1 N–H and O–H groups in total. The molecule has 2 aromatic rings. The number of nitrogens with one attached hydrogen (secondary N) is 1. The molecule has 3 fully saturated rings. The number of carbonyl (C=O) groups excluding carboxylic acids is 1. The van der Waals surface area contributed by atoms with Crippen molar-refractivity contribution in [3.05, 3.63) is 38.9 Å². The first-order valence-electron chi connectivity index (χ1n) is 11.4. The normalized spacial score (nSPS) is 28.6. The van der Waals surface area contributed by atoms with Gasteiger partial charge >= 0.3 is 5.69 Å². The van der Waals surface area contributed by atoms with Gasteiger partial charge in [0.05, 0.1) is 11.6 Å². The second-order valence-electron chi connectivity index (χ2n) is 9.22. The molecule has 0 atom stereocenters. The molecule has 2 aromatic heterocycles. The van der Waals surface area contributed by atoms with Gasteiger partial charge in [-0.05, 0) is 44.6 Å². The van der Waals surface area contributed by atoms with Crippen LogP contribution in [-0.2, 0) is 16.0 Å². The van der Waals surface area contributed by atoms with Crippen molar-refractivity contribution in [2.45, 2.75) is 69.5 Å². The lowest BCUT2D eigenvalue weighted by Crippen LogP contribution is -2.47. The minimum Gasteiger partial charge on any atom is -0.616 e. The van der Waals surface area contributed by atoms with E-state index in [1.807, 2.05) is 0 Å². The SMILES string of the molecule is O=C(NC1CCC(n2c(=O)c3cc(F)cnc3n([C@H]3CC[S@+]([O-])CC3)c2=O)CC1)C1CC1. The van der Waals surface area contributed by atoms with Crippen molar-refractivity contribution >= 4 is 28.1 Å². The first-order chi connectivity index (χ1) is 15.4. The summed E-state index contributed by atoms with van der Waals surface area (Å²) in [6.07, 6.45) is 6.60. The minimum absolute atomic E-state index is 0.0603. The van der Waals surface area contributed by atoms with Crippen LogP contribution in [0.5, 0.6) is 0 Å². The van der Waals surface area contributed by atoms with Crippen molar-refractivity contribution in [3.8, 4) is 0 Å². The Kier molecular flexibility index (Phi) is 5.83. The lowest BCUT2D eigenvalue weighted by molar-refractivity contribution is -0.123. The maximum atomic E-state index is 14.0. The summed E-state index contributed by atoms with van der Waals surface area (Å²) in [4.78, 5) is 43.0. The fraction of sp³-hybridized carbons (Fsp3) is 0.636. The molecule has 0 spiro atoms. The highest BCUT2D eigenvalue weighted by molar-refractivity contribution is 7.91. The van der Waals surface area contributed by atoms with E-state index < -0.39 is 28.2 Å². The molecule has 1 saturated heterocycles. The highest BCUT2D eigenvalue weighted by Crippen LogP contribution is 2.32. The van der Waals surface area contributed by atoms with Gasteiger partial charge in [0.15, 0.2) is 0 Å². The van der Waals surface area contributed by atoms with E-state index in [1.165, 1.54) is 9.13 Å². The van der Waals surface area contributed by atoms with Crippen LogP contribution in [0, 0.1) is 11.7 Å². The summed E-state index contributed by atoms with van der Waals surface area (Å²) in [5, 5.41) is 3.19. The van der Waals surface area contributed by atoms with Crippen molar-refractivity contribution in [1.29, 1.82) is 0 Å². The first-order valence-corrected chi connectivity index (χ1v) is 12.9. The highest BCUT2D eigenvalue weighted by atomic mass is 32.2. The molecule has 2 aliphatic carbocycles. The Morgan fingerprint density at radius 2 is 1.69 bits per heavy atom. The van der Waals surface area contributed by atoms with Gasteiger partial charge in [-0.15, -0.1) is 0 Å². The van der Waals surface area contributed by atoms with E-state index in [0.717, 1.165) is 25.1 Å². The van der Waals surface area contributed by atoms with E-state index in [9.17, 15) is 23.3 Å². The van der Waals surface area contributed by atoms with Gasteiger partial charge in [-0.2, -0.15) is 0 Å². The zero-order valence-electron chi connectivity index (χ0n) is 17.8. The van der Waals surface area contributed by atoms with Gasteiger partial charge in [-0.1, -0.05) is 11.2 Å². The van der Waals surface area contributed by atoms with Gasteiger partial charge in [-0.3, -0.25) is 18.7 Å². The monoisotopic (exact) mass is 462 g/mol. The van der Waals surface area contributed by atoms with E-state index in [1.54, 1.807) is 0 Å². The molecule has 0 bridgehead atoms. The molecule has 172 valence electrons.